The van der Waals surface area contributed by atoms with Gasteiger partial charge in [-0.1, -0.05) is 17.7 Å². The Hall–Kier alpha value is -1.47. The Bertz CT molecular complexity index is 601. The number of halogens is 4. The molecule has 0 aliphatic heterocycles. The molecule has 0 spiro atoms. The zero-order chi connectivity index (χ0) is 14.8. The van der Waals surface area contributed by atoms with Crippen molar-refractivity contribution in [2.75, 3.05) is 5.32 Å². The quantitative estimate of drug-likeness (QED) is 0.892. The van der Waals surface area contributed by atoms with Crippen LogP contribution in [0.5, 0.6) is 5.75 Å². The molecule has 108 valence electrons. The van der Waals surface area contributed by atoms with Crippen molar-refractivity contribution >= 4 is 28.6 Å². The van der Waals surface area contributed by atoms with Gasteiger partial charge in [-0.25, -0.2) is 4.98 Å². The first-order valence-corrected chi connectivity index (χ1v) is 6.73. The highest BCUT2D eigenvalue weighted by atomic mass is 35.5. The Morgan fingerprint density at radius 3 is 2.75 bits per heavy atom. The molecule has 0 radical (unpaired) electrons. The van der Waals surface area contributed by atoms with Gasteiger partial charge in [0.1, 0.15) is 0 Å². The summed E-state index contributed by atoms with van der Waals surface area (Å²) >= 11 is 6.95. The van der Waals surface area contributed by atoms with Crippen LogP contribution < -0.4 is 10.1 Å². The van der Waals surface area contributed by atoms with Crippen LogP contribution >= 0.6 is 22.9 Å². The number of aromatic nitrogens is 1. The van der Waals surface area contributed by atoms with E-state index in [1.807, 2.05) is 0 Å². The molecule has 1 aromatic carbocycles. The van der Waals surface area contributed by atoms with Crippen LogP contribution in [-0.4, -0.2) is 11.3 Å². The molecule has 3 nitrogen and oxygen atoms in total. The fraction of sp³-hybridized carbons (Fsp3) is 0.250. The fourth-order valence-corrected chi connectivity index (χ4v) is 2.46. The van der Waals surface area contributed by atoms with Crippen molar-refractivity contribution in [1.82, 2.24) is 4.98 Å². The van der Waals surface area contributed by atoms with Crippen LogP contribution in [0.1, 0.15) is 10.4 Å². The van der Waals surface area contributed by atoms with Gasteiger partial charge in [-0.3, -0.25) is 0 Å². The molecule has 0 atom stereocenters. The Kier molecular flexibility index (Phi) is 4.39. The van der Waals surface area contributed by atoms with Crippen LogP contribution in [0, 0.1) is 6.92 Å². The first-order valence-electron chi connectivity index (χ1n) is 5.54. The van der Waals surface area contributed by atoms with E-state index in [0.29, 0.717) is 11.0 Å². The largest absolute Gasteiger partial charge is 0.573 e. The number of nitrogens with one attached hydrogen (secondary N) is 1. The fourth-order valence-electron chi connectivity index (χ4n) is 1.54. The molecule has 2 rings (SSSR count). The predicted octanol–water partition coefficient (Wildman–Crippen LogP) is 4.62. The standard InChI is InChI=1S/C12H10ClF3N2OS/c1-7-2-3-10(19-12(14,15)16)9(4-7)17-5-8-6-18-11(13)20-8/h2-4,6,17H,5H2,1H3. The average Bonchev–Trinajstić information content (AvgIpc) is 2.74. The number of nitrogens with zero attached hydrogens (tertiary/aromatic N) is 1. The highest BCUT2D eigenvalue weighted by molar-refractivity contribution is 7.15. The van der Waals surface area contributed by atoms with Gasteiger partial charge in [-0.2, -0.15) is 0 Å². The van der Waals surface area contributed by atoms with Gasteiger partial charge in [0, 0.05) is 11.1 Å². The van der Waals surface area contributed by atoms with Crippen LogP contribution in [0.15, 0.2) is 24.4 Å². The third-order valence-electron chi connectivity index (χ3n) is 2.34. The lowest BCUT2D eigenvalue weighted by molar-refractivity contribution is -0.274. The van der Waals surface area contributed by atoms with Crippen LogP contribution in [0.4, 0.5) is 18.9 Å². The van der Waals surface area contributed by atoms with Gasteiger partial charge >= 0.3 is 6.36 Å². The lowest BCUT2D eigenvalue weighted by Gasteiger charge is -2.14. The summed E-state index contributed by atoms with van der Waals surface area (Å²) in [6.45, 7) is 2.11. The lowest BCUT2D eigenvalue weighted by atomic mass is 10.2. The molecule has 0 saturated heterocycles. The summed E-state index contributed by atoms with van der Waals surface area (Å²) in [5.41, 5.74) is 1.09. The summed E-state index contributed by atoms with van der Waals surface area (Å²) in [6, 6.07) is 4.42. The molecule has 0 amide bonds. The molecule has 0 fully saturated rings. The summed E-state index contributed by atoms with van der Waals surface area (Å²) in [4.78, 5) is 4.68. The smallest absolute Gasteiger partial charge is 0.404 e. The first-order chi connectivity index (χ1) is 9.33. The second-order valence-corrected chi connectivity index (χ2v) is 5.68. The van der Waals surface area contributed by atoms with Crippen molar-refractivity contribution < 1.29 is 17.9 Å². The molecule has 1 N–H and O–H groups in total. The normalized spacial score (nSPS) is 11.4. The predicted molar refractivity (Wildman–Crippen MR) is 72.3 cm³/mol. The van der Waals surface area contributed by atoms with E-state index in [9.17, 15) is 13.2 Å². The number of anilines is 1. The van der Waals surface area contributed by atoms with Gasteiger partial charge in [0.2, 0.25) is 0 Å². The summed E-state index contributed by atoms with van der Waals surface area (Å²) in [7, 11) is 0. The van der Waals surface area contributed by atoms with Gasteiger partial charge < -0.3 is 10.1 Å². The Balaban J connectivity index is 2.14. The molecule has 20 heavy (non-hydrogen) atoms. The van der Waals surface area contributed by atoms with Gasteiger partial charge in [0.15, 0.2) is 10.2 Å². The van der Waals surface area contributed by atoms with Crippen molar-refractivity contribution in [1.29, 1.82) is 0 Å². The Morgan fingerprint density at radius 1 is 1.40 bits per heavy atom. The topological polar surface area (TPSA) is 34.1 Å². The highest BCUT2D eigenvalue weighted by Gasteiger charge is 2.32. The number of alkyl halides is 3. The van der Waals surface area contributed by atoms with E-state index in [1.165, 1.54) is 17.4 Å². The van der Waals surface area contributed by atoms with E-state index in [1.54, 1.807) is 25.3 Å². The van der Waals surface area contributed by atoms with Crippen LogP contribution in [0.2, 0.25) is 4.47 Å². The monoisotopic (exact) mass is 322 g/mol. The van der Waals surface area contributed by atoms with E-state index in [-0.39, 0.29) is 11.4 Å². The minimum atomic E-state index is -4.72. The molecule has 0 aliphatic carbocycles. The van der Waals surface area contributed by atoms with Gasteiger partial charge in [-0.15, -0.1) is 24.5 Å². The number of ether oxygens (including phenoxy) is 1. The number of benzene rings is 1. The highest BCUT2D eigenvalue weighted by Crippen LogP contribution is 2.31. The molecular formula is C12H10ClF3N2OS. The van der Waals surface area contributed by atoms with Crippen molar-refractivity contribution in [3.05, 3.63) is 39.3 Å². The van der Waals surface area contributed by atoms with Gasteiger partial charge in [0.05, 0.1) is 12.2 Å². The second kappa shape index (κ2) is 5.88. The zero-order valence-corrected chi connectivity index (χ0v) is 11.9. The molecule has 8 heteroatoms. The number of hydrogen-bond acceptors (Lipinski definition) is 4. The number of aryl methyl sites for hydroxylation is 1. The van der Waals surface area contributed by atoms with Crippen LogP contribution in [-0.2, 0) is 6.54 Å². The minimum Gasteiger partial charge on any atom is -0.404 e. The Labute approximate surface area is 122 Å². The van der Waals surface area contributed by atoms with E-state index >= 15 is 0 Å². The molecule has 1 aromatic heterocycles. The first kappa shape index (κ1) is 14.9. The summed E-state index contributed by atoms with van der Waals surface area (Å²) in [5.74, 6) is -0.265. The zero-order valence-electron chi connectivity index (χ0n) is 10.3. The summed E-state index contributed by atoms with van der Waals surface area (Å²) in [6.07, 6.45) is -3.15. The Morgan fingerprint density at radius 2 is 2.15 bits per heavy atom. The second-order valence-electron chi connectivity index (χ2n) is 3.98. The van der Waals surface area contributed by atoms with Gasteiger partial charge in [-0.05, 0) is 24.6 Å². The minimum absolute atomic E-state index is 0.265. The number of rotatable bonds is 4. The molecule has 0 aliphatic rings. The maximum absolute atomic E-state index is 12.3. The van der Waals surface area contributed by atoms with E-state index in [4.69, 9.17) is 11.6 Å². The third-order valence-corrected chi connectivity index (χ3v) is 3.45. The van der Waals surface area contributed by atoms with Crippen molar-refractivity contribution in [3.8, 4) is 5.75 Å². The number of hydrogen-bond donors (Lipinski definition) is 1. The molecular weight excluding hydrogens is 313 g/mol. The SMILES string of the molecule is Cc1ccc(OC(F)(F)F)c(NCc2cnc(Cl)s2)c1. The van der Waals surface area contributed by atoms with Crippen molar-refractivity contribution in [3.63, 3.8) is 0 Å². The maximum Gasteiger partial charge on any atom is 0.573 e. The van der Waals surface area contributed by atoms with E-state index in [2.05, 4.69) is 15.0 Å². The molecule has 0 bridgehead atoms. The third kappa shape index (κ3) is 4.28. The molecule has 1 heterocycles. The molecule has 2 aromatic rings. The molecule has 0 saturated carbocycles. The van der Waals surface area contributed by atoms with Crippen LogP contribution in [0.25, 0.3) is 0 Å². The number of thiazole rings is 1. The molecule has 0 unspecified atom stereocenters. The lowest BCUT2D eigenvalue weighted by Crippen LogP contribution is -2.18. The van der Waals surface area contributed by atoms with E-state index < -0.39 is 6.36 Å². The van der Waals surface area contributed by atoms with E-state index in [0.717, 1.165) is 10.4 Å². The van der Waals surface area contributed by atoms with Crippen LogP contribution in [0.3, 0.4) is 0 Å². The summed E-state index contributed by atoms with van der Waals surface area (Å²) in [5, 5.41) is 2.89. The maximum atomic E-state index is 12.3. The van der Waals surface area contributed by atoms with Crippen molar-refractivity contribution in [2.24, 2.45) is 0 Å². The van der Waals surface area contributed by atoms with Gasteiger partial charge in [0.25, 0.3) is 0 Å². The average molecular weight is 323 g/mol. The van der Waals surface area contributed by atoms with Crippen molar-refractivity contribution in [2.45, 2.75) is 19.8 Å². The summed E-state index contributed by atoms with van der Waals surface area (Å²) < 4.78 is 41.3.